The summed E-state index contributed by atoms with van der Waals surface area (Å²) >= 11 is 0. The Kier molecular flexibility index (Phi) is 10.4. The number of Topliss-reactive ketones (excluding diaryl/α,β-unsaturated/α-hetero) is 1. The second-order valence-electron chi connectivity index (χ2n) is 13.6. The van der Waals surface area contributed by atoms with Crippen molar-refractivity contribution in [1.82, 2.24) is 9.62 Å². The van der Waals surface area contributed by atoms with Crippen molar-refractivity contribution < 1.29 is 41.9 Å². The number of sulfonamides is 1. The number of ketones is 1. The molecule has 4 bridgehead atoms. The zero-order valence-electron chi connectivity index (χ0n) is 27.0. The third-order valence-electron chi connectivity index (χ3n) is 9.67. The Morgan fingerprint density at radius 3 is 2.62 bits per heavy atom. The molecule has 47 heavy (non-hydrogen) atoms. The number of rotatable bonds is 8. The van der Waals surface area contributed by atoms with Gasteiger partial charge in [0.25, 0.3) is 0 Å². The van der Waals surface area contributed by atoms with E-state index in [0.717, 1.165) is 11.1 Å². The van der Waals surface area contributed by atoms with E-state index < -0.39 is 74.2 Å². The first kappa shape index (κ1) is 34.5. The lowest BCUT2D eigenvalue weighted by atomic mass is 9.89. The summed E-state index contributed by atoms with van der Waals surface area (Å²) in [7, 11) is -3.84. The van der Waals surface area contributed by atoms with Crippen LogP contribution in [0, 0.1) is 23.2 Å². The lowest BCUT2D eigenvalue weighted by Crippen LogP contribution is -2.47. The van der Waals surface area contributed by atoms with Gasteiger partial charge in [-0.3, -0.25) is 28.7 Å². The number of fused-ring (bicyclic) bond motifs is 4. The smallest absolute Gasteiger partial charge is 0.310 e. The average molecular weight is 669 g/mol. The number of nitrogens with zero attached hydrogens (tertiary/aromatic N) is 1. The minimum Gasteiger partial charge on any atom is -0.466 e. The summed E-state index contributed by atoms with van der Waals surface area (Å²) < 4.78 is 38.6. The van der Waals surface area contributed by atoms with Gasteiger partial charge < -0.3 is 14.4 Å². The van der Waals surface area contributed by atoms with Gasteiger partial charge in [0.05, 0.1) is 48.6 Å². The molecule has 12 heteroatoms. The molecule has 1 N–H and O–H groups in total. The molecule has 1 aromatic carbocycles. The molecule has 2 aliphatic heterocycles. The van der Waals surface area contributed by atoms with Gasteiger partial charge in [-0.25, -0.2) is 8.42 Å². The molecular weight excluding hydrogens is 624 g/mol. The van der Waals surface area contributed by atoms with E-state index in [1.54, 1.807) is 6.08 Å². The number of amides is 2. The van der Waals surface area contributed by atoms with Crippen molar-refractivity contribution in [1.29, 1.82) is 0 Å². The molecule has 2 saturated carbocycles. The molecule has 0 radical (unpaired) electrons. The van der Waals surface area contributed by atoms with Gasteiger partial charge in [-0.05, 0) is 55.1 Å². The van der Waals surface area contributed by atoms with Gasteiger partial charge in [0.2, 0.25) is 21.8 Å². The van der Waals surface area contributed by atoms with Crippen molar-refractivity contribution in [3.8, 4) is 0 Å². The van der Waals surface area contributed by atoms with Gasteiger partial charge in [-0.2, -0.15) is 0 Å². The van der Waals surface area contributed by atoms with E-state index >= 15 is 0 Å². The van der Waals surface area contributed by atoms with Gasteiger partial charge in [-0.1, -0.05) is 56.3 Å². The summed E-state index contributed by atoms with van der Waals surface area (Å²) in [6.45, 7) is 7.54. The van der Waals surface area contributed by atoms with Crippen LogP contribution in [0.2, 0.25) is 0 Å². The van der Waals surface area contributed by atoms with E-state index in [-0.39, 0.29) is 51.2 Å². The van der Waals surface area contributed by atoms with Crippen LogP contribution >= 0.6 is 0 Å². The van der Waals surface area contributed by atoms with E-state index in [1.165, 1.54) is 4.90 Å². The molecule has 0 unspecified atom stereocenters. The molecule has 1 saturated heterocycles. The van der Waals surface area contributed by atoms with Gasteiger partial charge in [0.1, 0.15) is 6.10 Å². The molecule has 4 aliphatic rings. The van der Waals surface area contributed by atoms with Crippen molar-refractivity contribution in [2.45, 2.75) is 89.0 Å². The summed E-state index contributed by atoms with van der Waals surface area (Å²) in [4.78, 5) is 68.8. The predicted molar refractivity (Wildman–Crippen MR) is 173 cm³/mol. The number of nitrogens with one attached hydrogen (secondary N) is 1. The van der Waals surface area contributed by atoms with Crippen molar-refractivity contribution in [2.75, 3.05) is 13.2 Å². The first-order valence-electron chi connectivity index (χ1n) is 16.5. The number of esters is 2. The highest BCUT2D eigenvalue weighted by atomic mass is 32.2. The molecule has 11 nitrogen and oxygen atoms in total. The lowest BCUT2D eigenvalue weighted by molar-refractivity contribution is -0.152. The monoisotopic (exact) mass is 668 g/mol. The summed E-state index contributed by atoms with van der Waals surface area (Å²) in [6, 6.07) is 6.44. The van der Waals surface area contributed by atoms with Gasteiger partial charge >= 0.3 is 11.9 Å². The first-order chi connectivity index (χ1) is 22.3. The van der Waals surface area contributed by atoms with Crippen LogP contribution in [0.15, 0.2) is 43.0 Å². The fourth-order valence-electron chi connectivity index (χ4n) is 6.61. The fourth-order valence-corrected chi connectivity index (χ4v) is 7.99. The van der Waals surface area contributed by atoms with Crippen molar-refractivity contribution in [3.63, 3.8) is 0 Å². The van der Waals surface area contributed by atoms with Crippen LogP contribution in [0.4, 0.5) is 0 Å². The quantitative estimate of drug-likeness (QED) is 0.324. The summed E-state index contributed by atoms with van der Waals surface area (Å²) in [6.07, 6.45) is 6.68. The number of hydrogen-bond acceptors (Lipinski definition) is 9. The van der Waals surface area contributed by atoms with Gasteiger partial charge in [0.15, 0.2) is 5.78 Å². The molecular formula is C35H44N2O9S. The Hall–Kier alpha value is -3.80. The van der Waals surface area contributed by atoms with E-state index in [2.05, 4.69) is 11.3 Å². The Morgan fingerprint density at radius 1 is 1.17 bits per heavy atom. The number of carbonyl (C=O) groups excluding carboxylic acids is 5. The Morgan fingerprint density at radius 2 is 1.94 bits per heavy atom. The van der Waals surface area contributed by atoms with Crippen LogP contribution in [0.5, 0.6) is 0 Å². The van der Waals surface area contributed by atoms with Crippen LogP contribution in [0.3, 0.4) is 0 Å². The molecule has 5 rings (SSSR count). The SMILES string of the molecule is C=C[C@@H]1C[C@]1(CC(=O)[C@@H]1C[C@@H]2CN1C(=O)[C@H](C(C)C)CC(=O)OCCC/C=C/c1cccc(c1)CC(=O)O2)C(=O)NS(=O)(=O)C1CC1. The number of ether oxygens (including phenoxy) is 2. The molecule has 3 fully saturated rings. The number of carbonyl (C=O) groups is 5. The maximum absolute atomic E-state index is 14.1. The van der Waals surface area contributed by atoms with Crippen LogP contribution in [-0.4, -0.2) is 73.4 Å². The van der Waals surface area contributed by atoms with Crippen LogP contribution in [-0.2, 0) is 49.9 Å². The predicted octanol–water partition coefficient (Wildman–Crippen LogP) is 3.51. The second kappa shape index (κ2) is 14.1. The van der Waals surface area contributed by atoms with Crippen molar-refractivity contribution in [3.05, 3.63) is 54.1 Å². The van der Waals surface area contributed by atoms with Crippen LogP contribution in [0.1, 0.15) is 76.3 Å². The summed E-state index contributed by atoms with van der Waals surface area (Å²) in [5.74, 6) is -4.11. The fraction of sp³-hybridized carbons (Fsp3) is 0.571. The molecule has 1 aromatic rings. The number of allylic oxidation sites excluding steroid dienone is 2. The minimum atomic E-state index is -3.84. The van der Waals surface area contributed by atoms with Crippen LogP contribution < -0.4 is 4.72 Å². The number of hydrogen-bond donors (Lipinski definition) is 1. The third-order valence-corrected chi connectivity index (χ3v) is 11.5. The molecule has 2 heterocycles. The highest BCUT2D eigenvalue weighted by Gasteiger charge is 2.61. The lowest BCUT2D eigenvalue weighted by Gasteiger charge is -2.30. The van der Waals surface area contributed by atoms with E-state index in [9.17, 15) is 32.4 Å². The molecule has 2 amide bonds. The highest BCUT2D eigenvalue weighted by molar-refractivity contribution is 7.90. The molecule has 0 spiro atoms. The Bertz CT molecular complexity index is 1560. The summed E-state index contributed by atoms with van der Waals surface area (Å²) in [5, 5.41) is -0.611. The highest BCUT2D eigenvalue weighted by Crippen LogP contribution is 2.57. The number of benzene rings is 1. The standard InChI is InChI=1S/C35H44N2O9S/c1-4-25-19-35(25,34(42)36-47(43,44)27-12-13-27)20-30(38)29-17-26-21-37(29)33(41)28(22(2)3)18-31(39)45-14-7-5-6-9-23-10-8-11-24(15-23)16-32(40)46-26/h4,6,8-11,15,22,25-29H,1,5,7,12-14,16-21H2,2-3H3,(H,36,42)/b9-6+/t25-,26-,28+,29+,35-/m1/s1. The first-order valence-corrected chi connectivity index (χ1v) is 18.0. The topological polar surface area (TPSA) is 153 Å². The van der Waals surface area contributed by atoms with E-state index in [4.69, 9.17) is 9.47 Å². The van der Waals surface area contributed by atoms with Gasteiger partial charge in [0, 0.05) is 12.8 Å². The van der Waals surface area contributed by atoms with E-state index in [0.29, 0.717) is 25.7 Å². The maximum Gasteiger partial charge on any atom is 0.310 e. The van der Waals surface area contributed by atoms with Crippen LogP contribution in [0.25, 0.3) is 6.08 Å². The zero-order valence-corrected chi connectivity index (χ0v) is 27.8. The second-order valence-corrected chi connectivity index (χ2v) is 15.6. The van der Waals surface area contributed by atoms with Gasteiger partial charge in [-0.15, -0.1) is 6.58 Å². The summed E-state index contributed by atoms with van der Waals surface area (Å²) in [5.41, 5.74) is 0.366. The minimum absolute atomic E-state index is 0.00145. The molecule has 2 aliphatic carbocycles. The van der Waals surface area contributed by atoms with Crippen molar-refractivity contribution in [2.24, 2.45) is 23.2 Å². The molecule has 0 aromatic heterocycles. The molecule has 254 valence electrons. The number of cyclic esters (lactones) is 1. The Balaban J connectivity index is 1.39. The molecule has 5 atom stereocenters. The third kappa shape index (κ3) is 8.20. The normalized spacial score (nSPS) is 29.5. The zero-order chi connectivity index (χ0) is 33.9. The maximum atomic E-state index is 14.1. The average Bonchev–Trinajstić information content (AvgIpc) is 3.94. The Labute approximate surface area is 276 Å². The van der Waals surface area contributed by atoms with E-state index in [1.807, 2.05) is 50.3 Å². The van der Waals surface area contributed by atoms with Crippen molar-refractivity contribution >= 4 is 45.6 Å². The largest absolute Gasteiger partial charge is 0.466 e.